The molecule has 0 saturated heterocycles. The summed E-state index contributed by atoms with van der Waals surface area (Å²) in [5, 5.41) is 6.99. The third-order valence-corrected chi connectivity index (χ3v) is 23.0. The van der Waals surface area contributed by atoms with Gasteiger partial charge < -0.3 is 27.4 Å². The second-order valence-electron chi connectivity index (χ2n) is 27.3. The van der Waals surface area contributed by atoms with Gasteiger partial charge >= 0.3 is 0 Å². The molecule has 0 unspecified atom stereocenters. The maximum atomic E-state index is 6.87. The van der Waals surface area contributed by atoms with Crippen LogP contribution in [-0.4, -0.2) is 27.4 Å². The Hall–Kier alpha value is -10.5. The molecule has 0 bridgehead atoms. The van der Waals surface area contributed by atoms with Crippen LogP contribution >= 0.6 is 116 Å². The highest BCUT2D eigenvalue weighted by Crippen LogP contribution is 2.54. The van der Waals surface area contributed by atoms with Gasteiger partial charge in [-0.1, -0.05) is 256 Å². The van der Waals surface area contributed by atoms with E-state index in [2.05, 4.69) is 248 Å². The molecule has 0 saturated carbocycles. The van der Waals surface area contributed by atoms with Crippen molar-refractivity contribution in [2.24, 2.45) is 7.05 Å². The second kappa shape index (κ2) is 30.0. The van der Waals surface area contributed by atoms with Crippen molar-refractivity contribution >= 4 is 127 Å². The van der Waals surface area contributed by atoms with Gasteiger partial charge in [0.25, 0.3) is 0 Å². The molecule has 18 aromatic rings. The number of halogens is 10. The van der Waals surface area contributed by atoms with E-state index >= 15 is 0 Å². The quantitative estimate of drug-likeness (QED) is 0.0923. The molecule has 6 heterocycles. The molecule has 0 amide bonds. The molecule has 0 fully saturated rings. The molecular formula is C95H58Cl10N6. The normalized spacial score (nSPS) is 11.6. The van der Waals surface area contributed by atoms with Crippen molar-refractivity contribution in [2.75, 3.05) is 0 Å². The van der Waals surface area contributed by atoms with Gasteiger partial charge in [-0.2, -0.15) is 0 Å². The van der Waals surface area contributed by atoms with Gasteiger partial charge in [0.15, 0.2) is 0 Å². The summed E-state index contributed by atoms with van der Waals surface area (Å²) in [6.45, 7) is 0. The van der Waals surface area contributed by atoms with Gasteiger partial charge in [0.2, 0.25) is 0 Å². The number of fused-ring (bicyclic) bond motifs is 1. The number of aromatic nitrogens is 6. The summed E-state index contributed by atoms with van der Waals surface area (Å²) < 4.78 is 13.8. The van der Waals surface area contributed by atoms with Gasteiger partial charge in [0.05, 0.1) is 28.4 Å². The molecule has 6 nitrogen and oxygen atoms in total. The van der Waals surface area contributed by atoms with Crippen LogP contribution in [0, 0.1) is 0 Å². The van der Waals surface area contributed by atoms with E-state index in [9.17, 15) is 0 Å². The van der Waals surface area contributed by atoms with Gasteiger partial charge in [-0.05, 0) is 183 Å². The fourth-order valence-electron chi connectivity index (χ4n) is 15.2. The number of para-hydroxylation sites is 1. The molecule has 111 heavy (non-hydrogen) atoms. The third-order valence-electron chi connectivity index (χ3n) is 20.5. The predicted molar refractivity (Wildman–Crippen MR) is 469 cm³/mol. The molecule has 0 radical (unpaired) electrons. The number of aryl methyl sites for hydroxylation is 1. The largest absolute Gasteiger partial charge is 0.350 e. The van der Waals surface area contributed by atoms with Crippen LogP contribution in [0.4, 0.5) is 0 Å². The van der Waals surface area contributed by atoms with E-state index < -0.39 is 0 Å². The van der Waals surface area contributed by atoms with Crippen molar-refractivity contribution in [3.63, 3.8) is 0 Å². The summed E-state index contributed by atoms with van der Waals surface area (Å²) in [6.07, 6.45) is 24.8. The molecule has 18 rings (SSSR count). The number of hydrogen-bond acceptors (Lipinski definition) is 0. The van der Waals surface area contributed by atoms with E-state index in [4.69, 9.17) is 116 Å². The molecule has 0 N–H and O–H groups in total. The molecule has 0 aliphatic carbocycles. The van der Waals surface area contributed by atoms with E-state index in [-0.39, 0.29) is 0 Å². The molecule has 0 spiro atoms. The smallest absolute Gasteiger partial charge is 0.0980 e. The van der Waals surface area contributed by atoms with Crippen molar-refractivity contribution in [2.45, 2.75) is 0 Å². The Morgan fingerprint density at radius 2 is 0.333 bits per heavy atom. The molecule has 16 heteroatoms. The fourth-order valence-corrected chi connectivity index (χ4v) is 16.5. The van der Waals surface area contributed by atoms with Crippen molar-refractivity contribution in [3.05, 3.63) is 385 Å². The highest BCUT2D eigenvalue weighted by Gasteiger charge is 2.35. The minimum Gasteiger partial charge on any atom is -0.350 e. The summed E-state index contributed by atoms with van der Waals surface area (Å²) in [5.74, 6) is 0. The minimum atomic E-state index is 0.598. The average molecular weight is 1640 g/mol. The lowest BCUT2D eigenvalue weighted by molar-refractivity contribution is 0.918. The van der Waals surface area contributed by atoms with E-state index in [0.717, 1.165) is 162 Å². The Morgan fingerprint density at radius 3 is 0.523 bits per heavy atom. The zero-order valence-electron chi connectivity index (χ0n) is 58.7. The predicted octanol–water partition coefficient (Wildman–Crippen LogP) is 31.0. The van der Waals surface area contributed by atoms with Crippen LogP contribution in [0.2, 0.25) is 50.2 Å². The number of nitrogens with zero attached hydrogens (tertiary/aromatic N) is 6. The van der Waals surface area contributed by atoms with Gasteiger partial charge in [-0.15, -0.1) is 0 Å². The average Bonchev–Trinajstić information content (AvgIpc) is 1.59. The van der Waals surface area contributed by atoms with Crippen molar-refractivity contribution in [3.8, 4) is 151 Å². The topological polar surface area (TPSA) is 29.6 Å². The van der Waals surface area contributed by atoms with Crippen LogP contribution in [0.1, 0.15) is 0 Å². The SMILES string of the molecule is Cn1cc(-c2c(-n3cc(-c4ccc(Cl)cc4)c(-c4ccc(Cl)cc4)c3)c(-n3cc(-c4ccc(Cl)cc4)c(-c4ccc(Cl)cc4)c3)c(-n3cc(-c4ccc(Cl)cc4)c(-c4ccc(Cl)cc4)c3)c(-n3cc(-c4ccc(Cl)cc4)c(-c4ccc(Cl)cc4)c3)c2-n2cc(-c3ccc(Cl)cc3)c(-c3ccc(Cl)cc3)c2)c2ccccc21. The molecular weight excluding hydrogens is 1580 g/mol. The van der Waals surface area contributed by atoms with Gasteiger partial charge in [0.1, 0.15) is 0 Å². The van der Waals surface area contributed by atoms with Crippen LogP contribution in [0.3, 0.4) is 0 Å². The minimum absolute atomic E-state index is 0.598. The number of benzene rings is 12. The van der Waals surface area contributed by atoms with Crippen LogP contribution in [0.5, 0.6) is 0 Å². The lowest BCUT2D eigenvalue weighted by Gasteiger charge is -2.29. The van der Waals surface area contributed by atoms with Gasteiger partial charge in [-0.3, -0.25) is 0 Å². The standard InChI is InChI=1S/C95H58Cl10N6/c1-106-46-88(77-4-2-3-5-89(77)106)90-91(107-47-78(57-6-26-67(96)27-7-57)79(48-107)58-8-28-68(97)29-9-58)93(109-51-82(61-14-34-71(100)35-15-61)83(52-109)62-16-36-72(101)37-17-62)95(111-55-86(65-22-42-75(104)43-23-65)87(56-111)66-24-44-76(105)45-25-66)94(110-53-84(63-18-38-73(102)39-19-63)85(54-110)64-20-40-74(103)41-21-64)92(90)108-49-80(59-10-30-69(98)31-11-59)81(50-108)60-12-32-70(99)33-13-60/h2-56H,1H3. The summed E-state index contributed by atoms with van der Waals surface area (Å²) in [4.78, 5) is 0. The molecule has 0 aliphatic rings. The lowest BCUT2D eigenvalue weighted by atomic mass is 9.95. The van der Waals surface area contributed by atoms with Gasteiger partial charge in [0, 0.05) is 203 Å². The van der Waals surface area contributed by atoms with E-state index in [0.29, 0.717) is 50.2 Å². The zero-order chi connectivity index (χ0) is 75.9. The van der Waals surface area contributed by atoms with Crippen molar-refractivity contribution in [1.29, 1.82) is 0 Å². The molecule has 0 atom stereocenters. The monoisotopic (exact) mass is 1630 g/mol. The highest BCUT2D eigenvalue weighted by molar-refractivity contribution is 6.33. The van der Waals surface area contributed by atoms with Crippen LogP contribution < -0.4 is 0 Å². The molecule has 12 aromatic carbocycles. The van der Waals surface area contributed by atoms with Crippen LogP contribution in [0.25, 0.3) is 162 Å². The Morgan fingerprint density at radius 1 is 0.171 bits per heavy atom. The maximum Gasteiger partial charge on any atom is 0.0980 e. The van der Waals surface area contributed by atoms with E-state index in [1.54, 1.807) is 0 Å². The lowest BCUT2D eigenvalue weighted by Crippen LogP contribution is -2.16. The maximum absolute atomic E-state index is 6.87. The molecule has 538 valence electrons. The van der Waals surface area contributed by atoms with Crippen LogP contribution in [-0.2, 0) is 7.05 Å². The zero-order valence-corrected chi connectivity index (χ0v) is 66.3. The molecule has 6 aromatic heterocycles. The first kappa shape index (κ1) is 72.0. The first-order chi connectivity index (χ1) is 54.0. The number of hydrogen-bond donors (Lipinski definition) is 0. The van der Waals surface area contributed by atoms with Gasteiger partial charge in [-0.25, -0.2) is 0 Å². The molecule has 0 aliphatic heterocycles. The Bertz CT molecular complexity index is 5940. The fraction of sp³-hybridized carbons (Fsp3) is 0.0105. The second-order valence-corrected chi connectivity index (χ2v) is 31.7. The van der Waals surface area contributed by atoms with Crippen molar-refractivity contribution < 1.29 is 0 Å². The third kappa shape index (κ3) is 13.9. The van der Waals surface area contributed by atoms with Crippen LogP contribution in [0.15, 0.2) is 335 Å². The number of rotatable bonds is 16. The summed E-state index contributed by atoms with van der Waals surface area (Å²) >= 11 is 68.7. The summed E-state index contributed by atoms with van der Waals surface area (Å²) in [5.41, 5.74) is 25.0. The Labute approximate surface area is 691 Å². The van der Waals surface area contributed by atoms with Crippen molar-refractivity contribution in [1.82, 2.24) is 27.4 Å². The Balaban J connectivity index is 1.14. The first-order valence-corrected chi connectivity index (χ1v) is 39.3. The Kier molecular flexibility index (Phi) is 19.4. The summed E-state index contributed by atoms with van der Waals surface area (Å²) in [7, 11) is 2.11. The van der Waals surface area contributed by atoms with E-state index in [1.165, 1.54) is 0 Å². The highest BCUT2D eigenvalue weighted by atomic mass is 35.5. The summed E-state index contributed by atoms with van der Waals surface area (Å²) in [6, 6.07) is 88.8. The first-order valence-electron chi connectivity index (χ1n) is 35.5. The van der Waals surface area contributed by atoms with E-state index in [1.807, 2.05) is 121 Å².